The summed E-state index contributed by atoms with van der Waals surface area (Å²) in [5.41, 5.74) is 0. The average Bonchev–Trinajstić information content (AvgIpc) is 3.10. The summed E-state index contributed by atoms with van der Waals surface area (Å²) in [7, 11) is 1.24. The first-order chi connectivity index (χ1) is 25.5. The first-order valence-electron chi connectivity index (χ1n) is 22.2. The van der Waals surface area contributed by atoms with Gasteiger partial charge >= 0.3 is 0 Å². The van der Waals surface area contributed by atoms with Gasteiger partial charge in [0, 0.05) is 6.42 Å². The van der Waals surface area contributed by atoms with Crippen molar-refractivity contribution < 1.29 is 32.9 Å². The maximum absolute atomic E-state index is 12.8. The highest BCUT2D eigenvalue weighted by Gasteiger charge is 2.23. The Labute approximate surface area is 328 Å². The van der Waals surface area contributed by atoms with Gasteiger partial charge in [0.2, 0.25) is 5.91 Å². The van der Waals surface area contributed by atoms with Crippen molar-refractivity contribution >= 4 is 13.7 Å². The van der Waals surface area contributed by atoms with Crippen molar-refractivity contribution in [2.24, 2.45) is 0 Å². The van der Waals surface area contributed by atoms with E-state index in [0.717, 1.165) is 44.9 Å². The van der Waals surface area contributed by atoms with Crippen LogP contribution in [0.3, 0.4) is 0 Å². The number of hydrogen-bond acceptors (Lipinski definition) is 6. The lowest BCUT2D eigenvalue weighted by Gasteiger charge is -2.29. The topological polar surface area (TPSA) is 108 Å². The fourth-order valence-electron chi connectivity index (χ4n) is 6.35. The van der Waals surface area contributed by atoms with Crippen LogP contribution in [0, 0.1) is 0 Å². The predicted molar refractivity (Wildman–Crippen MR) is 224 cm³/mol. The minimum atomic E-state index is -4.58. The van der Waals surface area contributed by atoms with Crippen molar-refractivity contribution in [3.8, 4) is 0 Å². The molecule has 0 rings (SSSR count). The number of aliphatic hydroxyl groups excluding tert-OH is 1. The van der Waals surface area contributed by atoms with E-state index >= 15 is 0 Å². The molecule has 3 unspecified atom stereocenters. The van der Waals surface area contributed by atoms with Gasteiger partial charge in [0.25, 0.3) is 7.82 Å². The van der Waals surface area contributed by atoms with Crippen molar-refractivity contribution in [1.29, 1.82) is 0 Å². The van der Waals surface area contributed by atoms with E-state index in [0.29, 0.717) is 17.4 Å². The van der Waals surface area contributed by atoms with Crippen molar-refractivity contribution in [1.82, 2.24) is 5.32 Å². The number of nitrogens with one attached hydrogen (secondary N) is 1. The summed E-state index contributed by atoms with van der Waals surface area (Å²) in [5, 5.41) is 13.6. The van der Waals surface area contributed by atoms with Gasteiger partial charge in [-0.3, -0.25) is 9.36 Å². The summed E-state index contributed by atoms with van der Waals surface area (Å²) in [6.45, 7) is 4.52. The highest BCUT2D eigenvalue weighted by Crippen LogP contribution is 2.38. The van der Waals surface area contributed by atoms with Crippen LogP contribution >= 0.6 is 7.82 Å². The number of rotatable bonds is 40. The van der Waals surface area contributed by atoms with Gasteiger partial charge in [-0.05, 0) is 25.7 Å². The summed E-state index contributed by atoms with van der Waals surface area (Å²) in [6, 6.07) is -0.895. The van der Waals surface area contributed by atoms with Crippen molar-refractivity contribution in [2.75, 3.05) is 40.9 Å². The van der Waals surface area contributed by atoms with Crippen LogP contribution in [-0.2, 0) is 18.4 Å². The van der Waals surface area contributed by atoms with E-state index in [1.54, 1.807) is 6.08 Å². The van der Waals surface area contributed by atoms with Crippen LogP contribution in [0.15, 0.2) is 24.3 Å². The molecule has 0 saturated carbocycles. The summed E-state index contributed by atoms with van der Waals surface area (Å²) in [6.07, 6.45) is 42.7. The smallest absolute Gasteiger partial charge is 0.268 e. The zero-order chi connectivity index (χ0) is 39.3. The minimum Gasteiger partial charge on any atom is -0.756 e. The zero-order valence-electron chi connectivity index (χ0n) is 35.5. The second-order valence-corrected chi connectivity index (χ2v) is 17.8. The van der Waals surface area contributed by atoms with Gasteiger partial charge in [0.05, 0.1) is 39.9 Å². The normalized spacial score (nSPS) is 14.6. The predicted octanol–water partition coefficient (Wildman–Crippen LogP) is 11.5. The van der Waals surface area contributed by atoms with Gasteiger partial charge in [0.15, 0.2) is 0 Å². The van der Waals surface area contributed by atoms with Gasteiger partial charge in [-0.15, -0.1) is 0 Å². The van der Waals surface area contributed by atoms with Crippen LogP contribution in [-0.4, -0.2) is 68.5 Å². The number of hydrogen-bond donors (Lipinski definition) is 2. The molecule has 0 aromatic heterocycles. The molecule has 0 heterocycles. The number of nitrogens with zero attached hydrogens (tertiary/aromatic N) is 1. The van der Waals surface area contributed by atoms with E-state index in [2.05, 4.69) is 31.3 Å². The second-order valence-electron chi connectivity index (χ2n) is 16.4. The SMILES string of the molecule is CCC/C=C/CC/C=C/C(O)C(COP(=O)([O-])OCC[N+](C)(C)C)NC(=O)CCCCCCCCCCCCCCCCCCCCCCCCCC. The molecular formula is C44H87N2O6P. The molecule has 1 amide bonds. The highest BCUT2D eigenvalue weighted by molar-refractivity contribution is 7.45. The Morgan fingerprint density at radius 1 is 0.642 bits per heavy atom. The fraction of sp³-hybridized carbons (Fsp3) is 0.886. The van der Waals surface area contributed by atoms with Crippen molar-refractivity contribution in [3.63, 3.8) is 0 Å². The third-order valence-electron chi connectivity index (χ3n) is 9.90. The van der Waals surface area contributed by atoms with Crippen molar-refractivity contribution in [2.45, 2.75) is 212 Å². The molecule has 0 aromatic rings. The molecule has 0 aliphatic carbocycles. The van der Waals surface area contributed by atoms with E-state index < -0.39 is 26.6 Å². The van der Waals surface area contributed by atoms with Crippen LogP contribution in [0.1, 0.15) is 200 Å². The standard InChI is InChI=1S/C44H87N2O6P/c1-6-8-10-12-14-15-16-17-18-19-20-21-22-23-24-25-26-27-28-29-30-32-34-36-38-44(48)45-42(43(47)37-35-33-31-13-11-9-7-2)41-52-53(49,50)51-40-39-46(3,4)5/h11,13,35,37,42-43,47H,6-10,12,14-34,36,38-41H2,1-5H3,(H-,45,48,49,50)/b13-11+,37-35+. The largest absolute Gasteiger partial charge is 0.756 e. The van der Waals surface area contributed by atoms with Crippen LogP contribution < -0.4 is 10.2 Å². The Morgan fingerprint density at radius 2 is 1.06 bits per heavy atom. The Hall–Kier alpha value is -1.02. The van der Waals surface area contributed by atoms with Crippen LogP contribution in [0.2, 0.25) is 0 Å². The number of allylic oxidation sites excluding steroid dienone is 3. The molecule has 0 aromatic carbocycles. The first-order valence-corrected chi connectivity index (χ1v) is 23.7. The number of phosphoric acid groups is 1. The third kappa shape index (κ3) is 39.0. The van der Waals surface area contributed by atoms with E-state index in [1.165, 1.54) is 135 Å². The molecular weight excluding hydrogens is 683 g/mol. The molecule has 0 bridgehead atoms. The maximum atomic E-state index is 12.8. The lowest BCUT2D eigenvalue weighted by atomic mass is 10.0. The van der Waals surface area contributed by atoms with E-state index in [9.17, 15) is 19.4 Å². The van der Waals surface area contributed by atoms with E-state index in [-0.39, 0.29) is 12.5 Å². The Bertz CT molecular complexity index is 922. The molecule has 8 nitrogen and oxygen atoms in total. The average molecular weight is 771 g/mol. The number of quaternary nitrogens is 1. The van der Waals surface area contributed by atoms with Crippen LogP contribution in [0.4, 0.5) is 0 Å². The number of carbonyl (C=O) groups excluding carboxylic acids is 1. The molecule has 314 valence electrons. The Morgan fingerprint density at radius 3 is 1.49 bits per heavy atom. The molecule has 3 atom stereocenters. The molecule has 0 aliphatic heterocycles. The second kappa shape index (κ2) is 36.6. The fourth-order valence-corrected chi connectivity index (χ4v) is 7.08. The Balaban J connectivity index is 4.07. The number of phosphoric ester groups is 1. The van der Waals surface area contributed by atoms with Gasteiger partial charge in [0.1, 0.15) is 13.2 Å². The van der Waals surface area contributed by atoms with Crippen molar-refractivity contribution in [3.05, 3.63) is 24.3 Å². The summed E-state index contributed by atoms with van der Waals surface area (Å²) in [5.74, 6) is -0.209. The Kier molecular flexibility index (Phi) is 35.9. The molecule has 0 fully saturated rings. The summed E-state index contributed by atoms with van der Waals surface area (Å²) in [4.78, 5) is 25.1. The molecule has 0 spiro atoms. The van der Waals surface area contributed by atoms with Crippen LogP contribution in [0.25, 0.3) is 0 Å². The first kappa shape index (κ1) is 52.0. The minimum absolute atomic E-state index is 0.00509. The van der Waals surface area contributed by atoms with E-state index in [4.69, 9.17) is 9.05 Å². The molecule has 0 aliphatic rings. The van der Waals surface area contributed by atoms with Gasteiger partial charge in [-0.25, -0.2) is 0 Å². The number of likely N-dealkylation sites (N-methyl/N-ethyl adjacent to an activating group) is 1. The van der Waals surface area contributed by atoms with Crippen LogP contribution in [0.5, 0.6) is 0 Å². The molecule has 9 heteroatoms. The quantitative estimate of drug-likeness (QED) is 0.0278. The van der Waals surface area contributed by atoms with Gasteiger partial charge in [-0.1, -0.05) is 192 Å². The lowest BCUT2D eigenvalue weighted by Crippen LogP contribution is -2.45. The maximum Gasteiger partial charge on any atom is 0.268 e. The third-order valence-corrected chi connectivity index (χ3v) is 10.9. The molecule has 0 saturated heterocycles. The zero-order valence-corrected chi connectivity index (χ0v) is 36.4. The number of aliphatic hydroxyl groups is 1. The number of unbranched alkanes of at least 4 members (excludes halogenated alkanes) is 25. The molecule has 2 N–H and O–H groups in total. The number of amides is 1. The van der Waals surface area contributed by atoms with E-state index in [1.807, 2.05) is 27.2 Å². The van der Waals surface area contributed by atoms with Gasteiger partial charge < -0.3 is 28.8 Å². The molecule has 0 radical (unpaired) electrons. The monoisotopic (exact) mass is 771 g/mol. The lowest BCUT2D eigenvalue weighted by molar-refractivity contribution is -0.870. The van der Waals surface area contributed by atoms with Gasteiger partial charge in [-0.2, -0.15) is 0 Å². The highest BCUT2D eigenvalue weighted by atomic mass is 31.2. The summed E-state index contributed by atoms with van der Waals surface area (Å²) >= 11 is 0. The summed E-state index contributed by atoms with van der Waals surface area (Å²) < 4.78 is 23.0. The molecule has 53 heavy (non-hydrogen) atoms. The number of carbonyl (C=O) groups is 1.